The number of aromatic nitrogens is 2. The molecule has 4 rings (SSSR count). The van der Waals surface area contributed by atoms with Crippen molar-refractivity contribution < 1.29 is 13.9 Å². The Morgan fingerprint density at radius 2 is 2.14 bits per heavy atom. The topological polar surface area (TPSA) is 89.3 Å². The Morgan fingerprint density at radius 3 is 2.96 bits per heavy atom. The number of anilines is 1. The molecule has 3 heterocycles. The number of amides is 1. The Balaban J connectivity index is 1.40. The van der Waals surface area contributed by atoms with Crippen LogP contribution in [0.2, 0.25) is 0 Å². The minimum absolute atomic E-state index is 0.0907. The summed E-state index contributed by atoms with van der Waals surface area (Å²) in [6.07, 6.45) is 3.97. The van der Waals surface area contributed by atoms with E-state index in [0.29, 0.717) is 11.7 Å². The van der Waals surface area contributed by atoms with Gasteiger partial charge in [-0.25, -0.2) is 9.97 Å². The Kier molecular flexibility index (Phi) is 6.08. The third-order valence-electron chi connectivity index (χ3n) is 4.48. The number of hydrogen-bond donors (Lipinski definition) is 2. The van der Waals surface area contributed by atoms with Gasteiger partial charge in [0.15, 0.2) is 5.16 Å². The van der Waals surface area contributed by atoms with Crippen molar-refractivity contribution in [2.75, 3.05) is 24.2 Å². The maximum absolute atomic E-state index is 12.1. The molecule has 1 saturated heterocycles. The number of benzene rings is 1. The lowest BCUT2D eigenvalue weighted by molar-refractivity contribution is -0.118. The van der Waals surface area contributed by atoms with Gasteiger partial charge in [0.1, 0.15) is 11.6 Å². The first-order valence-electron chi connectivity index (χ1n) is 9.32. The van der Waals surface area contributed by atoms with Gasteiger partial charge in [0.2, 0.25) is 5.91 Å². The highest BCUT2D eigenvalue weighted by Crippen LogP contribution is 2.25. The summed E-state index contributed by atoms with van der Waals surface area (Å²) < 4.78 is 10.9. The van der Waals surface area contributed by atoms with Gasteiger partial charge in [-0.1, -0.05) is 23.9 Å². The quantitative estimate of drug-likeness (QED) is 0.445. The number of carbonyl (C=O) groups excluding carboxylic acids is 1. The highest BCUT2D eigenvalue weighted by molar-refractivity contribution is 7.99. The Morgan fingerprint density at radius 1 is 1.21 bits per heavy atom. The molecule has 146 valence electrons. The summed E-state index contributed by atoms with van der Waals surface area (Å²) >= 11 is 1.32. The van der Waals surface area contributed by atoms with E-state index in [0.717, 1.165) is 48.5 Å². The van der Waals surface area contributed by atoms with E-state index in [9.17, 15) is 4.79 Å². The van der Waals surface area contributed by atoms with Crippen molar-refractivity contribution in [3.05, 3.63) is 48.4 Å². The molecule has 1 aromatic carbocycles. The number of nitrogens with zero attached hydrogens (tertiary/aromatic N) is 2. The fourth-order valence-corrected chi connectivity index (χ4v) is 3.73. The molecule has 2 N–H and O–H groups in total. The highest BCUT2D eigenvalue weighted by atomic mass is 32.2. The van der Waals surface area contributed by atoms with Crippen molar-refractivity contribution in [3.8, 4) is 0 Å². The smallest absolute Gasteiger partial charge is 0.230 e. The van der Waals surface area contributed by atoms with Crippen LogP contribution < -0.4 is 10.6 Å². The number of ether oxygens (including phenoxy) is 1. The molecule has 0 aliphatic carbocycles. The van der Waals surface area contributed by atoms with Crippen molar-refractivity contribution in [2.24, 2.45) is 0 Å². The summed E-state index contributed by atoms with van der Waals surface area (Å²) in [6, 6.07) is 11.5. The molecule has 8 heteroatoms. The molecule has 1 fully saturated rings. The molecule has 7 nitrogen and oxygen atoms in total. The van der Waals surface area contributed by atoms with Crippen LogP contribution in [0.4, 0.5) is 5.82 Å². The molecule has 0 radical (unpaired) electrons. The SMILES string of the molecule is O=C(CSc1nc(NCC2CCCO2)c2ccccc2n1)NCc1ccco1. The van der Waals surface area contributed by atoms with Crippen LogP contribution >= 0.6 is 11.8 Å². The largest absolute Gasteiger partial charge is 0.467 e. The first kappa shape index (κ1) is 18.8. The summed E-state index contributed by atoms with van der Waals surface area (Å²) in [5, 5.41) is 7.76. The third-order valence-corrected chi connectivity index (χ3v) is 5.32. The van der Waals surface area contributed by atoms with E-state index in [1.807, 2.05) is 30.3 Å². The lowest BCUT2D eigenvalue weighted by Crippen LogP contribution is -2.24. The van der Waals surface area contributed by atoms with Gasteiger partial charge in [0, 0.05) is 18.5 Å². The third kappa shape index (κ3) is 4.82. The molecule has 0 spiro atoms. The van der Waals surface area contributed by atoms with Crippen molar-refractivity contribution >= 4 is 34.4 Å². The molecule has 1 amide bonds. The fourth-order valence-electron chi connectivity index (χ4n) is 3.05. The Bertz CT molecular complexity index is 926. The van der Waals surface area contributed by atoms with Gasteiger partial charge in [-0.3, -0.25) is 4.79 Å². The maximum atomic E-state index is 12.1. The van der Waals surface area contributed by atoms with Crippen LogP contribution in [-0.4, -0.2) is 40.9 Å². The molecule has 1 atom stereocenters. The summed E-state index contributed by atoms with van der Waals surface area (Å²) in [5.41, 5.74) is 0.853. The summed E-state index contributed by atoms with van der Waals surface area (Å²) in [6.45, 7) is 1.92. The lowest BCUT2D eigenvalue weighted by atomic mass is 10.2. The van der Waals surface area contributed by atoms with E-state index in [1.54, 1.807) is 12.3 Å². The van der Waals surface area contributed by atoms with Crippen LogP contribution in [0.15, 0.2) is 52.2 Å². The highest BCUT2D eigenvalue weighted by Gasteiger charge is 2.16. The molecule has 1 aliphatic heterocycles. The molecule has 1 unspecified atom stereocenters. The molecule has 0 bridgehead atoms. The van der Waals surface area contributed by atoms with E-state index >= 15 is 0 Å². The number of furan rings is 1. The average Bonchev–Trinajstić information content (AvgIpc) is 3.43. The van der Waals surface area contributed by atoms with Gasteiger partial charge in [-0.05, 0) is 37.1 Å². The van der Waals surface area contributed by atoms with Crippen LogP contribution in [0, 0.1) is 0 Å². The monoisotopic (exact) mass is 398 g/mol. The predicted octanol–water partition coefficient (Wildman–Crippen LogP) is 3.22. The number of para-hydroxylation sites is 1. The second-order valence-electron chi connectivity index (χ2n) is 6.53. The number of fused-ring (bicyclic) bond motifs is 1. The second kappa shape index (κ2) is 9.07. The van der Waals surface area contributed by atoms with Crippen molar-refractivity contribution in [1.82, 2.24) is 15.3 Å². The Labute approximate surface area is 167 Å². The van der Waals surface area contributed by atoms with Crippen molar-refractivity contribution in [1.29, 1.82) is 0 Å². The van der Waals surface area contributed by atoms with E-state index < -0.39 is 0 Å². The second-order valence-corrected chi connectivity index (χ2v) is 7.48. The maximum Gasteiger partial charge on any atom is 0.230 e. The molecule has 0 saturated carbocycles. The van der Waals surface area contributed by atoms with Gasteiger partial charge in [0.25, 0.3) is 0 Å². The van der Waals surface area contributed by atoms with E-state index in [-0.39, 0.29) is 17.8 Å². The van der Waals surface area contributed by atoms with Crippen LogP contribution in [-0.2, 0) is 16.1 Å². The first-order chi connectivity index (χ1) is 13.8. The zero-order valence-electron chi connectivity index (χ0n) is 15.4. The number of rotatable bonds is 8. The zero-order valence-corrected chi connectivity index (χ0v) is 16.2. The Hall–Kier alpha value is -2.58. The summed E-state index contributed by atoms with van der Waals surface area (Å²) in [5.74, 6) is 1.65. The number of hydrogen-bond acceptors (Lipinski definition) is 7. The minimum Gasteiger partial charge on any atom is -0.467 e. The molecular weight excluding hydrogens is 376 g/mol. The lowest BCUT2D eigenvalue weighted by Gasteiger charge is -2.14. The van der Waals surface area contributed by atoms with Gasteiger partial charge < -0.3 is 19.8 Å². The molecule has 3 aromatic rings. The standard InChI is InChI=1S/C20H22N4O3S/c25-18(21-11-14-5-3-9-26-14)13-28-20-23-17-8-2-1-7-16(17)19(24-20)22-12-15-6-4-10-27-15/h1-3,5,7-9,15H,4,6,10-13H2,(H,21,25)(H,22,23,24). The number of carbonyl (C=O) groups is 1. The number of thioether (sulfide) groups is 1. The van der Waals surface area contributed by atoms with Gasteiger partial charge in [0.05, 0.1) is 30.2 Å². The van der Waals surface area contributed by atoms with Gasteiger partial charge in [-0.15, -0.1) is 0 Å². The fraction of sp³-hybridized carbons (Fsp3) is 0.350. The molecule has 1 aliphatic rings. The average molecular weight is 398 g/mol. The van der Waals surface area contributed by atoms with Crippen LogP contribution in [0.25, 0.3) is 10.9 Å². The predicted molar refractivity (Wildman–Crippen MR) is 108 cm³/mol. The van der Waals surface area contributed by atoms with Crippen LogP contribution in [0.3, 0.4) is 0 Å². The minimum atomic E-state index is -0.0907. The van der Waals surface area contributed by atoms with Crippen LogP contribution in [0.1, 0.15) is 18.6 Å². The molecule has 28 heavy (non-hydrogen) atoms. The normalized spacial score (nSPS) is 16.4. The van der Waals surface area contributed by atoms with Gasteiger partial charge in [-0.2, -0.15) is 0 Å². The van der Waals surface area contributed by atoms with E-state index in [4.69, 9.17) is 9.15 Å². The van der Waals surface area contributed by atoms with Crippen molar-refractivity contribution in [2.45, 2.75) is 30.6 Å². The molecule has 2 aromatic heterocycles. The zero-order chi connectivity index (χ0) is 19.2. The molecular formula is C20H22N4O3S. The van der Waals surface area contributed by atoms with Crippen molar-refractivity contribution in [3.63, 3.8) is 0 Å². The van der Waals surface area contributed by atoms with E-state index in [1.165, 1.54) is 11.8 Å². The number of nitrogens with one attached hydrogen (secondary N) is 2. The first-order valence-corrected chi connectivity index (χ1v) is 10.3. The van der Waals surface area contributed by atoms with Crippen LogP contribution in [0.5, 0.6) is 0 Å². The van der Waals surface area contributed by atoms with E-state index in [2.05, 4.69) is 20.6 Å². The summed E-state index contributed by atoms with van der Waals surface area (Å²) in [7, 11) is 0. The summed E-state index contributed by atoms with van der Waals surface area (Å²) in [4.78, 5) is 21.3. The van der Waals surface area contributed by atoms with Gasteiger partial charge >= 0.3 is 0 Å².